The quantitative estimate of drug-likeness (QED) is 0.498. The van der Waals surface area contributed by atoms with Crippen molar-refractivity contribution >= 4 is 11.9 Å². The van der Waals surface area contributed by atoms with Crippen LogP contribution >= 0.6 is 0 Å². The first kappa shape index (κ1) is 21.2. The summed E-state index contributed by atoms with van der Waals surface area (Å²) in [5.41, 5.74) is -2.55. The summed E-state index contributed by atoms with van der Waals surface area (Å²) in [6.07, 6.45) is -14.4. The third-order valence-corrected chi connectivity index (χ3v) is 6.09. The van der Waals surface area contributed by atoms with Crippen LogP contribution in [-0.2, 0) is 19.1 Å². The van der Waals surface area contributed by atoms with Gasteiger partial charge in [0.2, 0.25) is 0 Å². The van der Waals surface area contributed by atoms with Crippen molar-refractivity contribution in [2.75, 3.05) is 0 Å². The highest BCUT2D eigenvalue weighted by Crippen LogP contribution is 2.66. The maximum Gasteiger partial charge on any atom is 0.434 e. The number of carbonyl (C=O) groups excluding carboxylic acids is 2. The predicted octanol–water partition coefficient (Wildman–Crippen LogP) is 4.56. The van der Waals surface area contributed by atoms with Gasteiger partial charge in [0.05, 0.1) is 16.9 Å². The molecule has 0 spiro atoms. The molecule has 4 aliphatic rings. The number of rotatable bonds is 4. The summed E-state index contributed by atoms with van der Waals surface area (Å²) in [7, 11) is 0. The van der Waals surface area contributed by atoms with Crippen LogP contribution in [0.15, 0.2) is 0 Å². The molecule has 0 aliphatic heterocycles. The SMILES string of the molecule is CC(C)OC(=O)C12CC3CC(C1)CC(C(=O)OC(C(F)(F)F)C(F)(F)F)(C3)C2. The maximum absolute atomic E-state index is 12.8. The minimum atomic E-state index is -5.76. The topological polar surface area (TPSA) is 52.6 Å². The van der Waals surface area contributed by atoms with E-state index in [1.165, 1.54) is 0 Å². The van der Waals surface area contributed by atoms with Gasteiger partial charge in [-0.05, 0) is 64.2 Å². The van der Waals surface area contributed by atoms with E-state index < -0.39 is 47.3 Å². The molecule has 4 rings (SSSR count). The molecule has 0 aromatic rings. The van der Waals surface area contributed by atoms with Gasteiger partial charge in [0.15, 0.2) is 0 Å². The van der Waals surface area contributed by atoms with Crippen LogP contribution in [-0.4, -0.2) is 36.5 Å². The Bertz CT molecular complexity index is 625. The lowest BCUT2D eigenvalue weighted by molar-refractivity contribution is -0.317. The fraction of sp³-hybridized carbons (Fsp3) is 0.889. The van der Waals surface area contributed by atoms with E-state index >= 15 is 0 Å². The van der Waals surface area contributed by atoms with Crippen molar-refractivity contribution in [3.05, 3.63) is 0 Å². The molecule has 160 valence electrons. The summed E-state index contributed by atoms with van der Waals surface area (Å²) >= 11 is 0. The maximum atomic E-state index is 12.8. The number of carbonyl (C=O) groups is 2. The average molecular weight is 416 g/mol. The molecule has 28 heavy (non-hydrogen) atoms. The van der Waals surface area contributed by atoms with Crippen LogP contribution in [0.25, 0.3) is 0 Å². The second-order valence-corrected chi connectivity index (χ2v) is 8.84. The smallest absolute Gasteiger partial charge is 0.434 e. The molecule has 0 heterocycles. The molecule has 0 radical (unpaired) electrons. The highest BCUT2D eigenvalue weighted by atomic mass is 19.4. The minimum Gasteiger partial charge on any atom is -0.463 e. The van der Waals surface area contributed by atoms with Crippen molar-refractivity contribution in [3.8, 4) is 0 Å². The lowest BCUT2D eigenvalue weighted by atomic mass is 9.44. The first-order valence-corrected chi connectivity index (χ1v) is 9.22. The van der Waals surface area contributed by atoms with Crippen molar-refractivity contribution < 1.29 is 45.4 Å². The summed E-state index contributed by atoms with van der Waals surface area (Å²) in [6, 6.07) is 0. The van der Waals surface area contributed by atoms with Gasteiger partial charge in [-0.25, -0.2) is 0 Å². The molecular weight excluding hydrogens is 394 g/mol. The normalized spacial score (nSPS) is 34.8. The molecule has 4 nitrogen and oxygen atoms in total. The number of esters is 2. The van der Waals surface area contributed by atoms with Crippen LogP contribution in [0, 0.1) is 22.7 Å². The van der Waals surface area contributed by atoms with Crippen LogP contribution in [0.2, 0.25) is 0 Å². The van der Waals surface area contributed by atoms with E-state index in [9.17, 15) is 35.9 Å². The molecule has 4 aliphatic carbocycles. The van der Waals surface area contributed by atoms with E-state index in [0.717, 1.165) is 0 Å². The van der Waals surface area contributed by atoms with Gasteiger partial charge in [-0.3, -0.25) is 9.59 Å². The van der Waals surface area contributed by atoms with Gasteiger partial charge >= 0.3 is 24.3 Å². The summed E-state index contributed by atoms with van der Waals surface area (Å²) in [5.74, 6) is -2.28. The van der Waals surface area contributed by atoms with Gasteiger partial charge in [0.1, 0.15) is 0 Å². The Hall–Kier alpha value is -1.48. The molecule has 2 atom stereocenters. The molecule has 0 aromatic carbocycles. The fourth-order valence-electron chi connectivity index (χ4n) is 5.63. The molecule has 0 saturated heterocycles. The van der Waals surface area contributed by atoms with Gasteiger partial charge in [0, 0.05) is 0 Å². The number of hydrogen-bond acceptors (Lipinski definition) is 4. The predicted molar refractivity (Wildman–Crippen MR) is 82.8 cm³/mol. The molecule has 0 aromatic heterocycles. The Kier molecular flexibility index (Phi) is 4.94. The molecule has 4 bridgehead atoms. The number of halogens is 6. The lowest BCUT2D eigenvalue weighted by Gasteiger charge is -2.59. The highest BCUT2D eigenvalue weighted by Gasteiger charge is 2.67. The Morgan fingerprint density at radius 3 is 1.57 bits per heavy atom. The number of alkyl halides is 6. The van der Waals surface area contributed by atoms with Gasteiger partial charge < -0.3 is 9.47 Å². The third-order valence-electron chi connectivity index (χ3n) is 6.09. The molecule has 0 amide bonds. The van der Waals surface area contributed by atoms with Crippen LogP contribution in [0.4, 0.5) is 26.3 Å². The van der Waals surface area contributed by atoms with Gasteiger partial charge in [0.25, 0.3) is 6.10 Å². The van der Waals surface area contributed by atoms with Crippen LogP contribution < -0.4 is 0 Å². The molecule has 4 saturated carbocycles. The summed E-state index contributed by atoms with van der Waals surface area (Å²) in [6.45, 7) is 3.30. The molecule has 2 unspecified atom stereocenters. The second-order valence-electron chi connectivity index (χ2n) is 8.84. The van der Waals surface area contributed by atoms with E-state index in [1.54, 1.807) is 13.8 Å². The van der Waals surface area contributed by atoms with E-state index in [2.05, 4.69) is 4.74 Å². The highest BCUT2D eigenvalue weighted by molar-refractivity contribution is 5.83. The second kappa shape index (κ2) is 6.52. The Morgan fingerprint density at radius 1 is 0.821 bits per heavy atom. The molecule has 0 N–H and O–H groups in total. The van der Waals surface area contributed by atoms with Gasteiger partial charge in [-0.2, -0.15) is 26.3 Å². The Morgan fingerprint density at radius 2 is 1.21 bits per heavy atom. The first-order chi connectivity index (χ1) is 12.7. The number of hydrogen-bond donors (Lipinski definition) is 0. The summed E-state index contributed by atoms with van der Waals surface area (Å²) in [5, 5.41) is 0. The average Bonchev–Trinajstić information content (AvgIpc) is 2.48. The van der Waals surface area contributed by atoms with E-state index in [4.69, 9.17) is 4.74 Å². The fourth-order valence-corrected chi connectivity index (χ4v) is 5.63. The van der Waals surface area contributed by atoms with Crippen molar-refractivity contribution in [2.45, 2.75) is 76.9 Å². The summed E-state index contributed by atoms with van der Waals surface area (Å²) < 4.78 is 86.3. The van der Waals surface area contributed by atoms with Crippen molar-refractivity contribution in [1.29, 1.82) is 0 Å². The Labute approximate surface area is 157 Å². The van der Waals surface area contributed by atoms with E-state index in [0.29, 0.717) is 19.3 Å². The zero-order valence-electron chi connectivity index (χ0n) is 15.5. The molecule has 4 fully saturated rings. The van der Waals surface area contributed by atoms with Crippen LogP contribution in [0.5, 0.6) is 0 Å². The third kappa shape index (κ3) is 3.70. The zero-order chi connectivity index (χ0) is 21.1. The van der Waals surface area contributed by atoms with Crippen molar-refractivity contribution in [2.24, 2.45) is 22.7 Å². The minimum absolute atomic E-state index is 0.122. The van der Waals surface area contributed by atoms with Crippen molar-refractivity contribution in [3.63, 3.8) is 0 Å². The first-order valence-electron chi connectivity index (χ1n) is 9.22. The monoisotopic (exact) mass is 416 g/mol. The zero-order valence-corrected chi connectivity index (χ0v) is 15.5. The van der Waals surface area contributed by atoms with Crippen molar-refractivity contribution in [1.82, 2.24) is 0 Å². The molecule has 10 heteroatoms. The van der Waals surface area contributed by atoms with Gasteiger partial charge in [-0.1, -0.05) is 0 Å². The summed E-state index contributed by atoms with van der Waals surface area (Å²) in [4.78, 5) is 25.3. The largest absolute Gasteiger partial charge is 0.463 e. The standard InChI is InChI=1S/C18H22F6O4/c1-9(2)27-13(25)15-4-10-3-11(5-15)7-16(6-10,8-15)14(26)28-12(17(19,20)21)18(22,23)24/h9-12H,3-8H2,1-2H3. The lowest BCUT2D eigenvalue weighted by Crippen LogP contribution is -2.59. The Balaban J connectivity index is 1.87. The van der Waals surface area contributed by atoms with E-state index in [1.807, 2.05) is 0 Å². The molecular formula is C18H22F6O4. The van der Waals surface area contributed by atoms with Crippen LogP contribution in [0.3, 0.4) is 0 Å². The van der Waals surface area contributed by atoms with Crippen LogP contribution in [0.1, 0.15) is 52.4 Å². The van der Waals surface area contributed by atoms with E-state index in [-0.39, 0.29) is 31.1 Å². The van der Waals surface area contributed by atoms with Gasteiger partial charge in [-0.15, -0.1) is 0 Å². The number of ether oxygens (including phenoxy) is 2.